The van der Waals surface area contributed by atoms with Gasteiger partial charge in [-0.15, -0.1) is 10.2 Å². The van der Waals surface area contributed by atoms with Gasteiger partial charge in [-0.1, -0.05) is 11.6 Å². The molecule has 2 rings (SSSR count). The molecule has 1 aromatic rings. The van der Waals surface area contributed by atoms with Crippen LogP contribution < -0.4 is 11.1 Å². The van der Waals surface area contributed by atoms with Crippen LogP contribution in [0.1, 0.15) is 23.2 Å². The molecule has 1 saturated carbocycles. The van der Waals surface area contributed by atoms with E-state index in [1.165, 1.54) is 18.9 Å². The number of rotatable bonds is 5. The second-order valence-corrected chi connectivity index (χ2v) is 5.70. The summed E-state index contributed by atoms with van der Waals surface area (Å²) < 4.78 is 0.274. The Balaban J connectivity index is 2.12. The highest BCUT2D eigenvalue weighted by Crippen LogP contribution is 2.47. The van der Waals surface area contributed by atoms with Crippen LogP contribution in [0.3, 0.4) is 0 Å². The van der Waals surface area contributed by atoms with Gasteiger partial charge in [-0.3, -0.25) is 4.79 Å². The predicted octanol–water partition coefficient (Wildman–Crippen LogP) is 1.54. The molecule has 1 aliphatic rings. The summed E-state index contributed by atoms with van der Waals surface area (Å²) >= 11 is 7.50. The molecular formula is C10H13ClN4OS. The molecule has 17 heavy (non-hydrogen) atoms. The summed E-state index contributed by atoms with van der Waals surface area (Å²) in [7, 11) is 0. The van der Waals surface area contributed by atoms with Crippen LogP contribution in [0.2, 0.25) is 5.15 Å². The summed E-state index contributed by atoms with van der Waals surface area (Å²) in [4.78, 5) is 11.2. The molecule has 1 heterocycles. The van der Waals surface area contributed by atoms with Crippen LogP contribution in [0.15, 0.2) is 6.07 Å². The van der Waals surface area contributed by atoms with Crippen LogP contribution in [0.5, 0.6) is 0 Å². The molecule has 0 radical (unpaired) electrons. The molecule has 0 unspecified atom stereocenters. The molecule has 0 atom stereocenters. The summed E-state index contributed by atoms with van der Waals surface area (Å²) in [6, 6.07) is 1.43. The van der Waals surface area contributed by atoms with Crippen molar-refractivity contribution in [1.82, 2.24) is 10.2 Å². The molecule has 0 aromatic carbocycles. The van der Waals surface area contributed by atoms with Crippen molar-refractivity contribution >= 4 is 35.1 Å². The molecule has 0 saturated heterocycles. The molecule has 0 aliphatic heterocycles. The Morgan fingerprint density at radius 3 is 2.88 bits per heavy atom. The van der Waals surface area contributed by atoms with Crippen LogP contribution in [0, 0.1) is 0 Å². The quantitative estimate of drug-likeness (QED) is 0.850. The van der Waals surface area contributed by atoms with E-state index in [4.69, 9.17) is 17.3 Å². The highest BCUT2D eigenvalue weighted by Gasteiger charge is 2.41. The minimum atomic E-state index is -0.557. The predicted molar refractivity (Wildman–Crippen MR) is 69.5 cm³/mol. The molecule has 5 nitrogen and oxygen atoms in total. The first-order valence-corrected chi connectivity index (χ1v) is 6.79. The first kappa shape index (κ1) is 12.4. The average Bonchev–Trinajstić information content (AvgIpc) is 3.08. The summed E-state index contributed by atoms with van der Waals surface area (Å²) in [5, 5.41) is 10.9. The first-order valence-electron chi connectivity index (χ1n) is 5.18. The molecule has 1 fully saturated rings. The lowest BCUT2D eigenvalue weighted by atomic mass is 10.2. The Morgan fingerprint density at radius 1 is 1.65 bits per heavy atom. The van der Waals surface area contributed by atoms with Crippen molar-refractivity contribution in [2.75, 3.05) is 18.1 Å². The van der Waals surface area contributed by atoms with Gasteiger partial charge in [-0.05, 0) is 25.2 Å². The van der Waals surface area contributed by atoms with E-state index in [9.17, 15) is 4.79 Å². The number of aromatic nitrogens is 2. The summed E-state index contributed by atoms with van der Waals surface area (Å²) in [6.45, 7) is 0.755. The maximum Gasteiger partial charge on any atom is 0.252 e. The third-order valence-electron chi connectivity index (χ3n) is 2.85. The average molecular weight is 273 g/mol. The smallest absolute Gasteiger partial charge is 0.252 e. The van der Waals surface area contributed by atoms with E-state index in [1.807, 2.05) is 11.8 Å². The van der Waals surface area contributed by atoms with Gasteiger partial charge in [-0.2, -0.15) is 11.8 Å². The van der Waals surface area contributed by atoms with Crippen molar-refractivity contribution in [1.29, 1.82) is 0 Å². The number of primary amides is 1. The molecule has 1 aliphatic carbocycles. The lowest BCUT2D eigenvalue weighted by Crippen LogP contribution is -2.22. The zero-order valence-corrected chi connectivity index (χ0v) is 10.9. The van der Waals surface area contributed by atoms with E-state index in [0.717, 1.165) is 6.54 Å². The summed E-state index contributed by atoms with van der Waals surface area (Å²) in [6.07, 6.45) is 4.43. The third-order valence-corrected chi connectivity index (χ3v) is 4.45. The Hall–Kier alpha value is -1.01. The van der Waals surface area contributed by atoms with Crippen LogP contribution in [0.4, 0.5) is 5.82 Å². The monoisotopic (exact) mass is 272 g/mol. The maximum absolute atomic E-state index is 11.2. The molecule has 0 spiro atoms. The van der Waals surface area contributed by atoms with Crippen molar-refractivity contribution in [2.24, 2.45) is 5.73 Å². The minimum Gasteiger partial charge on any atom is -0.367 e. The fourth-order valence-corrected chi connectivity index (χ4v) is 2.40. The van der Waals surface area contributed by atoms with Gasteiger partial charge in [0.25, 0.3) is 5.91 Å². The Labute approximate surface area is 109 Å². The zero-order chi connectivity index (χ0) is 12.5. The number of nitrogens with two attached hydrogens (primary N) is 1. The number of anilines is 1. The minimum absolute atomic E-state index is 0.162. The van der Waals surface area contributed by atoms with Crippen molar-refractivity contribution < 1.29 is 4.79 Å². The van der Waals surface area contributed by atoms with Gasteiger partial charge >= 0.3 is 0 Å². The van der Waals surface area contributed by atoms with Crippen molar-refractivity contribution in [3.05, 3.63) is 16.8 Å². The van der Waals surface area contributed by atoms with Crippen LogP contribution in [-0.4, -0.2) is 33.7 Å². The molecular weight excluding hydrogens is 260 g/mol. The number of carbonyl (C=O) groups is 1. The molecule has 3 N–H and O–H groups in total. The number of carbonyl (C=O) groups excluding carboxylic acids is 1. The second-order valence-electron chi connectivity index (χ2n) is 4.03. The number of halogens is 1. The van der Waals surface area contributed by atoms with E-state index in [0.29, 0.717) is 5.82 Å². The number of hydrogen-bond donors (Lipinski definition) is 2. The standard InChI is InChI=1S/C10H13ClN4OS/c1-17-10(2-3-10)5-13-9-6(8(12)16)4-7(11)14-15-9/h4H,2-3,5H2,1H3,(H2,12,16)(H,13,15). The van der Waals surface area contributed by atoms with Gasteiger partial charge in [0.1, 0.15) is 0 Å². The van der Waals surface area contributed by atoms with Gasteiger partial charge in [0.05, 0.1) is 5.56 Å². The molecule has 1 aromatic heterocycles. The Kier molecular flexibility index (Phi) is 3.44. The fraction of sp³-hybridized carbons (Fsp3) is 0.500. The SMILES string of the molecule is CSC1(CNc2nnc(Cl)cc2C(N)=O)CC1. The largest absolute Gasteiger partial charge is 0.367 e. The van der Waals surface area contributed by atoms with Gasteiger partial charge in [0, 0.05) is 11.3 Å². The molecule has 92 valence electrons. The third kappa shape index (κ3) is 2.81. The lowest BCUT2D eigenvalue weighted by molar-refractivity contribution is 0.100. The van der Waals surface area contributed by atoms with E-state index in [1.54, 1.807) is 0 Å². The van der Waals surface area contributed by atoms with Crippen molar-refractivity contribution in [3.63, 3.8) is 0 Å². The first-order chi connectivity index (χ1) is 8.06. The van der Waals surface area contributed by atoms with E-state index in [2.05, 4.69) is 21.8 Å². The van der Waals surface area contributed by atoms with E-state index in [-0.39, 0.29) is 15.5 Å². The van der Waals surface area contributed by atoms with Gasteiger partial charge < -0.3 is 11.1 Å². The van der Waals surface area contributed by atoms with Crippen LogP contribution >= 0.6 is 23.4 Å². The number of nitrogens with one attached hydrogen (secondary N) is 1. The summed E-state index contributed by atoms with van der Waals surface area (Å²) in [5.74, 6) is -0.152. The molecule has 7 heteroatoms. The van der Waals surface area contributed by atoms with E-state index >= 15 is 0 Å². The Bertz CT molecular complexity index is 450. The topological polar surface area (TPSA) is 80.9 Å². The fourth-order valence-electron chi connectivity index (χ4n) is 1.52. The normalized spacial score (nSPS) is 16.6. The number of nitrogens with zero attached hydrogens (tertiary/aromatic N) is 2. The second kappa shape index (κ2) is 4.70. The highest BCUT2D eigenvalue weighted by atomic mass is 35.5. The molecule has 0 bridgehead atoms. The van der Waals surface area contributed by atoms with Gasteiger partial charge in [0.2, 0.25) is 0 Å². The Morgan fingerprint density at radius 2 is 2.35 bits per heavy atom. The van der Waals surface area contributed by atoms with Crippen LogP contribution in [0.25, 0.3) is 0 Å². The summed E-state index contributed by atoms with van der Waals surface area (Å²) in [5.41, 5.74) is 5.54. The number of thioether (sulfide) groups is 1. The maximum atomic E-state index is 11.2. The van der Waals surface area contributed by atoms with Gasteiger partial charge in [-0.25, -0.2) is 0 Å². The number of hydrogen-bond acceptors (Lipinski definition) is 5. The van der Waals surface area contributed by atoms with E-state index < -0.39 is 5.91 Å². The van der Waals surface area contributed by atoms with Gasteiger partial charge in [0.15, 0.2) is 11.0 Å². The molecule has 1 amide bonds. The van der Waals surface area contributed by atoms with Crippen molar-refractivity contribution in [3.8, 4) is 0 Å². The highest BCUT2D eigenvalue weighted by molar-refractivity contribution is 8.00. The lowest BCUT2D eigenvalue weighted by Gasteiger charge is -2.14. The zero-order valence-electron chi connectivity index (χ0n) is 9.36. The number of amides is 1. The van der Waals surface area contributed by atoms with Crippen molar-refractivity contribution in [2.45, 2.75) is 17.6 Å². The van der Waals surface area contributed by atoms with Crippen LogP contribution in [-0.2, 0) is 0 Å².